The molecule has 3 aliphatic carbocycles. The number of Topliss-reactive ketones (excluding diaryl/α,β-unsaturated/α-hetero) is 1. The number of hydrogen-bond donors (Lipinski definition) is 1. The van der Waals surface area contributed by atoms with Crippen LogP contribution in [0.3, 0.4) is 0 Å². The number of thioether (sulfide) groups is 1. The second-order valence-electron chi connectivity index (χ2n) is 13.1. The molecule has 196 valence electrons. The molecule has 6 fully saturated rings. The van der Waals surface area contributed by atoms with E-state index in [1.807, 2.05) is 6.08 Å². The second-order valence-corrected chi connectivity index (χ2v) is 14.6. The molecule has 0 aromatic carbocycles. The first-order valence-electron chi connectivity index (χ1n) is 13.9. The third-order valence-electron chi connectivity index (χ3n) is 11.7. The van der Waals surface area contributed by atoms with Crippen molar-refractivity contribution < 1.29 is 19.4 Å². The van der Waals surface area contributed by atoms with Gasteiger partial charge in [0.1, 0.15) is 11.9 Å². The Kier molecular flexibility index (Phi) is 6.54. The molecule has 3 saturated heterocycles. The average molecular weight is 504 g/mol. The Morgan fingerprint density at radius 2 is 1.83 bits per heavy atom. The molecular formula is C29H45NO4S. The van der Waals surface area contributed by atoms with Gasteiger partial charge in [0, 0.05) is 27.9 Å². The highest BCUT2D eigenvalue weighted by atomic mass is 32.2. The van der Waals surface area contributed by atoms with E-state index >= 15 is 0 Å². The fourth-order valence-electron chi connectivity index (χ4n) is 8.92. The van der Waals surface area contributed by atoms with E-state index in [9.17, 15) is 14.7 Å². The summed E-state index contributed by atoms with van der Waals surface area (Å²) in [6.07, 6.45) is 8.19. The van der Waals surface area contributed by atoms with Gasteiger partial charge in [-0.2, -0.15) is 0 Å². The molecule has 3 saturated carbocycles. The Morgan fingerprint density at radius 1 is 1.17 bits per heavy atom. The molecule has 6 rings (SSSR count). The maximum atomic E-state index is 13.5. The van der Waals surface area contributed by atoms with Crippen molar-refractivity contribution in [3.8, 4) is 0 Å². The van der Waals surface area contributed by atoms with Crippen LogP contribution in [0.1, 0.15) is 79.1 Å². The van der Waals surface area contributed by atoms with E-state index in [4.69, 9.17) is 4.74 Å². The summed E-state index contributed by atoms with van der Waals surface area (Å²) in [7, 11) is 0. The Labute approximate surface area is 215 Å². The van der Waals surface area contributed by atoms with Gasteiger partial charge >= 0.3 is 5.97 Å². The van der Waals surface area contributed by atoms with Crippen LogP contribution in [-0.4, -0.2) is 64.1 Å². The fourth-order valence-corrected chi connectivity index (χ4v) is 10.1. The average Bonchev–Trinajstić information content (AvgIpc) is 3.22. The van der Waals surface area contributed by atoms with Crippen molar-refractivity contribution in [1.82, 2.24) is 4.90 Å². The van der Waals surface area contributed by atoms with Crippen molar-refractivity contribution in [2.45, 2.75) is 96.0 Å². The van der Waals surface area contributed by atoms with E-state index < -0.39 is 23.0 Å². The van der Waals surface area contributed by atoms with E-state index in [0.717, 1.165) is 58.2 Å². The monoisotopic (exact) mass is 503 g/mol. The molecule has 4 bridgehead atoms. The Balaban J connectivity index is 1.44. The predicted molar refractivity (Wildman–Crippen MR) is 140 cm³/mol. The second kappa shape index (κ2) is 8.87. The molecule has 8 atom stereocenters. The number of hydrogen-bond acceptors (Lipinski definition) is 6. The molecule has 35 heavy (non-hydrogen) atoms. The van der Waals surface area contributed by atoms with Crippen LogP contribution >= 0.6 is 11.8 Å². The highest BCUT2D eigenvalue weighted by molar-refractivity contribution is 8.01. The number of aliphatic hydroxyl groups is 1. The Bertz CT molecular complexity index is 870. The molecule has 6 aliphatic rings. The SMILES string of the molecule is C=CC1(C)CC(OC(=O)CSC23CCN(CC2)CC3)C2(C)C(C)CCC3(CCC(=O)C32)C(C)C1O. The zero-order valence-electron chi connectivity index (χ0n) is 22.2. The topological polar surface area (TPSA) is 66.8 Å². The zero-order chi connectivity index (χ0) is 25.2. The molecule has 0 aromatic rings. The summed E-state index contributed by atoms with van der Waals surface area (Å²) < 4.78 is 6.65. The Morgan fingerprint density at radius 3 is 2.46 bits per heavy atom. The van der Waals surface area contributed by atoms with E-state index in [0.29, 0.717) is 24.4 Å². The minimum atomic E-state index is -0.617. The fraction of sp³-hybridized carbons (Fsp3) is 0.862. The molecule has 0 spiro atoms. The minimum absolute atomic E-state index is 0.00255. The van der Waals surface area contributed by atoms with Gasteiger partial charge in [0.25, 0.3) is 0 Å². The van der Waals surface area contributed by atoms with Gasteiger partial charge in [-0.05, 0) is 81.8 Å². The van der Waals surface area contributed by atoms with Crippen molar-refractivity contribution in [1.29, 1.82) is 0 Å². The molecule has 0 aromatic heterocycles. The first-order chi connectivity index (χ1) is 16.5. The zero-order valence-corrected chi connectivity index (χ0v) is 23.0. The summed E-state index contributed by atoms with van der Waals surface area (Å²) in [6, 6.07) is 0. The number of rotatable bonds is 5. The maximum Gasteiger partial charge on any atom is 0.316 e. The largest absolute Gasteiger partial charge is 0.461 e. The van der Waals surface area contributed by atoms with Crippen molar-refractivity contribution in [3.05, 3.63) is 12.7 Å². The van der Waals surface area contributed by atoms with Crippen LogP contribution in [0.4, 0.5) is 0 Å². The number of carbonyl (C=O) groups is 2. The molecule has 0 radical (unpaired) electrons. The first-order valence-corrected chi connectivity index (χ1v) is 14.9. The van der Waals surface area contributed by atoms with Crippen molar-refractivity contribution in [2.75, 3.05) is 25.4 Å². The van der Waals surface area contributed by atoms with Crippen LogP contribution in [0.15, 0.2) is 12.7 Å². The number of nitrogens with zero attached hydrogens (tertiary/aromatic N) is 1. The number of fused-ring (bicyclic) bond motifs is 3. The standard InChI is InChI=1S/C29H45NO4S/c1-6-26(4)17-22(34-23(32)18-35-28-11-14-30(15-12-28)16-13-28)27(5)19(2)7-9-29(20(3)25(26)33)10-8-21(31)24(27)29/h6,19-20,22,24-25,33H,1,7-18H2,2-5H3. The van der Waals surface area contributed by atoms with E-state index in [-0.39, 0.29) is 33.9 Å². The number of esters is 1. The summed E-state index contributed by atoms with van der Waals surface area (Å²) in [5.74, 6) is 0.622. The normalized spacial score (nSPS) is 51.3. The molecule has 6 heteroatoms. The van der Waals surface area contributed by atoms with Crippen LogP contribution in [0, 0.1) is 34.0 Å². The van der Waals surface area contributed by atoms with Crippen LogP contribution in [0.5, 0.6) is 0 Å². The van der Waals surface area contributed by atoms with Gasteiger partial charge < -0.3 is 14.7 Å². The van der Waals surface area contributed by atoms with Gasteiger partial charge in [0.05, 0.1) is 11.9 Å². The predicted octanol–water partition coefficient (Wildman–Crippen LogP) is 4.86. The summed E-state index contributed by atoms with van der Waals surface area (Å²) in [6.45, 7) is 16.2. The third kappa shape index (κ3) is 3.87. The lowest BCUT2D eigenvalue weighted by molar-refractivity contribution is -0.205. The van der Waals surface area contributed by atoms with Gasteiger partial charge in [-0.3, -0.25) is 9.59 Å². The van der Waals surface area contributed by atoms with Gasteiger partial charge in [0.15, 0.2) is 0 Å². The number of piperidine rings is 3. The molecular weight excluding hydrogens is 458 g/mol. The van der Waals surface area contributed by atoms with Crippen LogP contribution in [0.25, 0.3) is 0 Å². The number of ketones is 1. The van der Waals surface area contributed by atoms with Crippen LogP contribution < -0.4 is 0 Å². The lowest BCUT2D eigenvalue weighted by Crippen LogP contribution is -2.63. The summed E-state index contributed by atoms with van der Waals surface area (Å²) in [4.78, 5) is 29.5. The van der Waals surface area contributed by atoms with E-state index in [2.05, 4.69) is 39.2 Å². The van der Waals surface area contributed by atoms with Gasteiger partial charge in [0.2, 0.25) is 0 Å². The van der Waals surface area contributed by atoms with Crippen molar-refractivity contribution in [2.24, 2.45) is 34.0 Å². The maximum absolute atomic E-state index is 13.5. The lowest BCUT2D eigenvalue weighted by Gasteiger charge is -2.61. The molecule has 3 heterocycles. The van der Waals surface area contributed by atoms with Gasteiger partial charge in [-0.1, -0.05) is 33.8 Å². The van der Waals surface area contributed by atoms with Gasteiger partial charge in [-0.25, -0.2) is 0 Å². The first kappa shape index (κ1) is 25.8. The van der Waals surface area contributed by atoms with Gasteiger partial charge in [-0.15, -0.1) is 18.3 Å². The molecule has 0 amide bonds. The highest BCUT2D eigenvalue weighted by Crippen LogP contribution is 2.68. The van der Waals surface area contributed by atoms with Crippen molar-refractivity contribution >= 4 is 23.5 Å². The minimum Gasteiger partial charge on any atom is -0.461 e. The summed E-state index contributed by atoms with van der Waals surface area (Å²) in [5, 5.41) is 11.7. The molecule has 1 N–H and O–H groups in total. The lowest BCUT2D eigenvalue weighted by atomic mass is 9.44. The summed E-state index contributed by atoms with van der Waals surface area (Å²) >= 11 is 1.80. The Hall–Kier alpha value is -0.850. The molecule has 5 nitrogen and oxygen atoms in total. The summed E-state index contributed by atoms with van der Waals surface area (Å²) in [5.41, 5.74) is -1.23. The molecule has 3 aliphatic heterocycles. The number of aliphatic hydroxyl groups excluding tert-OH is 1. The third-order valence-corrected chi connectivity index (χ3v) is 13.3. The number of carbonyl (C=O) groups excluding carboxylic acids is 2. The van der Waals surface area contributed by atoms with Crippen LogP contribution in [-0.2, 0) is 14.3 Å². The van der Waals surface area contributed by atoms with E-state index in [1.54, 1.807) is 11.8 Å². The van der Waals surface area contributed by atoms with E-state index in [1.165, 1.54) is 0 Å². The molecule has 8 unspecified atom stereocenters. The quantitative estimate of drug-likeness (QED) is 0.427. The smallest absolute Gasteiger partial charge is 0.316 e. The highest BCUT2D eigenvalue weighted by Gasteiger charge is 2.68. The van der Waals surface area contributed by atoms with Crippen LogP contribution in [0.2, 0.25) is 0 Å². The number of ether oxygens (including phenoxy) is 1. The van der Waals surface area contributed by atoms with Crippen molar-refractivity contribution in [3.63, 3.8) is 0 Å².